The minimum absolute atomic E-state index is 0.261. The maximum absolute atomic E-state index is 13.6. The van der Waals surface area contributed by atoms with E-state index in [1.807, 2.05) is 19.9 Å². The zero-order valence-electron chi connectivity index (χ0n) is 13.5. The summed E-state index contributed by atoms with van der Waals surface area (Å²) in [5.74, 6) is -0.565. The van der Waals surface area contributed by atoms with Gasteiger partial charge in [-0.15, -0.1) is 0 Å². The lowest BCUT2D eigenvalue weighted by Crippen LogP contribution is -2.47. The van der Waals surface area contributed by atoms with Crippen LogP contribution in [-0.2, 0) is 9.53 Å². The lowest BCUT2D eigenvalue weighted by Gasteiger charge is -2.32. The minimum Gasteiger partial charge on any atom is -0.464 e. The summed E-state index contributed by atoms with van der Waals surface area (Å²) in [5, 5.41) is 3.23. The Morgan fingerprint density at radius 1 is 1.29 bits per heavy atom. The molecule has 1 aromatic rings. The van der Waals surface area contributed by atoms with Gasteiger partial charge >= 0.3 is 5.97 Å². The highest BCUT2D eigenvalue weighted by molar-refractivity contribution is 5.84. The van der Waals surface area contributed by atoms with Crippen molar-refractivity contribution >= 4 is 11.7 Å². The molecular formula is C17H26FNO2. The molecule has 0 saturated carbocycles. The SMILES string of the molecule is CCCCC(CC)(Nc1cc(C)cc(F)c1)C(=O)OCC. The Hall–Kier alpha value is -1.58. The van der Waals surface area contributed by atoms with Crippen molar-refractivity contribution < 1.29 is 13.9 Å². The second kappa shape index (κ2) is 8.01. The van der Waals surface area contributed by atoms with Crippen molar-refractivity contribution in [2.45, 2.75) is 58.9 Å². The van der Waals surface area contributed by atoms with E-state index in [-0.39, 0.29) is 11.8 Å². The highest BCUT2D eigenvalue weighted by Crippen LogP contribution is 2.27. The van der Waals surface area contributed by atoms with Crippen molar-refractivity contribution in [2.24, 2.45) is 0 Å². The van der Waals surface area contributed by atoms with E-state index in [0.29, 0.717) is 25.1 Å². The molecule has 0 bridgehead atoms. The number of benzene rings is 1. The van der Waals surface area contributed by atoms with Crippen LogP contribution in [0.4, 0.5) is 10.1 Å². The summed E-state index contributed by atoms with van der Waals surface area (Å²) < 4.78 is 18.8. The molecule has 3 nitrogen and oxygen atoms in total. The molecule has 1 N–H and O–H groups in total. The molecule has 1 aromatic carbocycles. The smallest absolute Gasteiger partial charge is 0.331 e. The molecule has 1 unspecified atom stereocenters. The number of halogens is 1. The van der Waals surface area contributed by atoms with Crippen molar-refractivity contribution in [1.29, 1.82) is 0 Å². The van der Waals surface area contributed by atoms with Crippen LogP contribution in [0.1, 0.15) is 52.0 Å². The zero-order valence-corrected chi connectivity index (χ0v) is 13.5. The number of rotatable bonds is 8. The van der Waals surface area contributed by atoms with Gasteiger partial charge in [-0.2, -0.15) is 0 Å². The summed E-state index contributed by atoms with van der Waals surface area (Å²) in [6, 6.07) is 4.73. The average Bonchev–Trinajstić information content (AvgIpc) is 2.42. The summed E-state index contributed by atoms with van der Waals surface area (Å²) in [7, 11) is 0. The average molecular weight is 295 g/mol. The number of carbonyl (C=O) groups is 1. The monoisotopic (exact) mass is 295 g/mol. The van der Waals surface area contributed by atoms with Gasteiger partial charge in [0.1, 0.15) is 11.4 Å². The van der Waals surface area contributed by atoms with E-state index in [1.54, 1.807) is 6.92 Å². The van der Waals surface area contributed by atoms with Gasteiger partial charge in [0.25, 0.3) is 0 Å². The lowest BCUT2D eigenvalue weighted by atomic mass is 9.89. The maximum atomic E-state index is 13.6. The van der Waals surface area contributed by atoms with Crippen molar-refractivity contribution in [3.05, 3.63) is 29.6 Å². The van der Waals surface area contributed by atoms with Crippen LogP contribution in [-0.4, -0.2) is 18.1 Å². The number of hydrogen-bond acceptors (Lipinski definition) is 3. The molecule has 4 heteroatoms. The van der Waals surface area contributed by atoms with Crippen LogP contribution in [0.2, 0.25) is 0 Å². The number of ether oxygens (including phenoxy) is 1. The van der Waals surface area contributed by atoms with Crippen molar-refractivity contribution in [3.63, 3.8) is 0 Å². The third kappa shape index (κ3) is 4.73. The number of hydrogen-bond donors (Lipinski definition) is 1. The van der Waals surface area contributed by atoms with Gasteiger partial charge in [0.05, 0.1) is 6.61 Å². The Labute approximate surface area is 126 Å². The van der Waals surface area contributed by atoms with Crippen LogP contribution in [0, 0.1) is 12.7 Å². The van der Waals surface area contributed by atoms with Crippen molar-refractivity contribution in [2.75, 3.05) is 11.9 Å². The van der Waals surface area contributed by atoms with Gasteiger partial charge in [-0.05, 0) is 50.5 Å². The van der Waals surface area contributed by atoms with Crippen LogP contribution in [0.3, 0.4) is 0 Å². The molecule has 0 amide bonds. The summed E-state index contributed by atoms with van der Waals surface area (Å²) in [6.07, 6.45) is 3.18. The Balaban J connectivity index is 3.06. The van der Waals surface area contributed by atoms with Gasteiger partial charge < -0.3 is 10.1 Å². The molecule has 0 aromatic heterocycles. The van der Waals surface area contributed by atoms with E-state index in [9.17, 15) is 9.18 Å². The summed E-state index contributed by atoms with van der Waals surface area (Å²) in [4.78, 5) is 12.4. The van der Waals surface area contributed by atoms with Gasteiger partial charge in [-0.3, -0.25) is 0 Å². The standard InChI is InChI=1S/C17H26FNO2/c1-5-8-9-17(6-2,16(20)21-7-3)19-15-11-13(4)10-14(18)12-15/h10-12,19H,5-9H2,1-4H3. The molecule has 1 rings (SSSR count). The van der Waals surface area contributed by atoms with E-state index < -0.39 is 5.54 Å². The molecule has 0 spiro atoms. The predicted molar refractivity (Wildman–Crippen MR) is 83.9 cm³/mol. The number of anilines is 1. The Morgan fingerprint density at radius 2 is 2.00 bits per heavy atom. The van der Waals surface area contributed by atoms with Gasteiger partial charge in [0, 0.05) is 5.69 Å². The molecule has 0 aliphatic heterocycles. The van der Waals surface area contributed by atoms with E-state index in [0.717, 1.165) is 18.4 Å². The van der Waals surface area contributed by atoms with E-state index in [1.165, 1.54) is 12.1 Å². The lowest BCUT2D eigenvalue weighted by molar-refractivity contribution is -0.149. The first-order chi connectivity index (χ1) is 9.97. The van der Waals surface area contributed by atoms with Crippen LogP contribution in [0.15, 0.2) is 18.2 Å². The highest BCUT2D eigenvalue weighted by atomic mass is 19.1. The summed E-state index contributed by atoms with van der Waals surface area (Å²) >= 11 is 0. The summed E-state index contributed by atoms with van der Waals surface area (Å²) in [6.45, 7) is 8.00. The first-order valence-electron chi connectivity index (χ1n) is 7.70. The molecule has 0 radical (unpaired) electrons. The largest absolute Gasteiger partial charge is 0.464 e. The molecule has 1 atom stereocenters. The van der Waals surface area contributed by atoms with Crippen molar-refractivity contribution in [3.8, 4) is 0 Å². The van der Waals surface area contributed by atoms with Crippen LogP contribution >= 0.6 is 0 Å². The number of carbonyl (C=O) groups excluding carboxylic acids is 1. The fourth-order valence-corrected chi connectivity index (χ4v) is 2.46. The van der Waals surface area contributed by atoms with Crippen LogP contribution in [0.5, 0.6) is 0 Å². The predicted octanol–water partition coefficient (Wildman–Crippen LogP) is 4.45. The van der Waals surface area contributed by atoms with Gasteiger partial charge in [0.15, 0.2) is 0 Å². The Kier molecular flexibility index (Phi) is 6.66. The Bertz CT molecular complexity index is 456. The first-order valence-corrected chi connectivity index (χ1v) is 7.70. The molecule has 0 heterocycles. The topological polar surface area (TPSA) is 38.3 Å². The number of unbranched alkanes of at least 4 members (excludes halogenated alkanes) is 1. The van der Waals surface area contributed by atoms with Gasteiger partial charge in [-0.1, -0.05) is 26.7 Å². The van der Waals surface area contributed by atoms with Crippen molar-refractivity contribution in [1.82, 2.24) is 0 Å². The van der Waals surface area contributed by atoms with E-state index in [2.05, 4.69) is 12.2 Å². The quantitative estimate of drug-likeness (QED) is 0.720. The molecule has 118 valence electrons. The normalized spacial score (nSPS) is 13.6. The number of nitrogens with one attached hydrogen (secondary N) is 1. The molecular weight excluding hydrogens is 269 g/mol. The molecule has 0 saturated heterocycles. The second-order valence-electron chi connectivity index (χ2n) is 5.40. The molecule has 0 aliphatic carbocycles. The minimum atomic E-state index is -0.785. The summed E-state index contributed by atoms with van der Waals surface area (Å²) in [5.41, 5.74) is 0.659. The molecule has 0 fully saturated rings. The van der Waals surface area contributed by atoms with Crippen LogP contribution < -0.4 is 5.32 Å². The first kappa shape index (κ1) is 17.5. The number of aryl methyl sites for hydroxylation is 1. The fraction of sp³-hybridized carbons (Fsp3) is 0.588. The molecule has 21 heavy (non-hydrogen) atoms. The van der Waals surface area contributed by atoms with E-state index in [4.69, 9.17) is 4.74 Å². The highest BCUT2D eigenvalue weighted by Gasteiger charge is 2.37. The van der Waals surface area contributed by atoms with Gasteiger partial charge in [0.2, 0.25) is 0 Å². The third-order valence-corrected chi connectivity index (χ3v) is 3.65. The van der Waals surface area contributed by atoms with E-state index >= 15 is 0 Å². The number of esters is 1. The van der Waals surface area contributed by atoms with Crippen LogP contribution in [0.25, 0.3) is 0 Å². The molecule has 0 aliphatic rings. The zero-order chi connectivity index (χ0) is 15.9. The van der Waals surface area contributed by atoms with Gasteiger partial charge in [-0.25, -0.2) is 9.18 Å². The maximum Gasteiger partial charge on any atom is 0.331 e. The third-order valence-electron chi connectivity index (χ3n) is 3.65. The second-order valence-corrected chi connectivity index (χ2v) is 5.40. The Morgan fingerprint density at radius 3 is 2.52 bits per heavy atom. The fourth-order valence-electron chi connectivity index (χ4n) is 2.46.